The molecule has 4 N–H and O–H groups in total. The molecule has 106 valence electrons. The largest absolute Gasteiger partial charge is 0.399 e. The molecule has 1 aliphatic heterocycles. The second-order valence-electron chi connectivity index (χ2n) is 5.01. The Morgan fingerprint density at radius 1 is 1.10 bits per heavy atom. The highest BCUT2D eigenvalue weighted by molar-refractivity contribution is 6.07. The molecule has 0 bridgehead atoms. The zero-order chi connectivity index (χ0) is 14.8. The van der Waals surface area contributed by atoms with E-state index in [1.165, 1.54) is 0 Å². The number of anilines is 3. The van der Waals surface area contributed by atoms with Crippen molar-refractivity contribution >= 4 is 28.9 Å². The Morgan fingerprint density at radius 2 is 1.86 bits per heavy atom. The maximum atomic E-state index is 11.9. The molecular formula is C16H15N3O2. The van der Waals surface area contributed by atoms with Gasteiger partial charge in [0.2, 0.25) is 11.8 Å². The molecule has 0 saturated carbocycles. The van der Waals surface area contributed by atoms with Crippen molar-refractivity contribution in [2.45, 2.75) is 12.3 Å². The minimum atomic E-state index is -0.493. The lowest BCUT2D eigenvalue weighted by Crippen LogP contribution is -2.21. The van der Waals surface area contributed by atoms with Gasteiger partial charge < -0.3 is 11.1 Å². The molecule has 21 heavy (non-hydrogen) atoms. The fraction of sp³-hybridized carbons (Fsp3) is 0.125. The molecule has 2 aromatic rings. The first-order valence-corrected chi connectivity index (χ1v) is 6.68. The van der Waals surface area contributed by atoms with Crippen molar-refractivity contribution in [2.24, 2.45) is 0 Å². The van der Waals surface area contributed by atoms with E-state index in [0.717, 1.165) is 16.9 Å². The van der Waals surface area contributed by atoms with E-state index in [1.807, 2.05) is 36.4 Å². The molecule has 1 aliphatic rings. The van der Waals surface area contributed by atoms with Crippen LogP contribution in [0.2, 0.25) is 0 Å². The van der Waals surface area contributed by atoms with E-state index in [1.54, 1.807) is 12.1 Å². The second kappa shape index (κ2) is 5.28. The van der Waals surface area contributed by atoms with E-state index in [4.69, 9.17) is 5.73 Å². The Morgan fingerprint density at radius 3 is 2.52 bits per heavy atom. The van der Waals surface area contributed by atoms with Crippen LogP contribution in [0.15, 0.2) is 48.5 Å². The third-order valence-electron chi connectivity index (χ3n) is 3.47. The summed E-state index contributed by atoms with van der Waals surface area (Å²) in [6.07, 6.45) is 0.158. The lowest BCUT2D eigenvalue weighted by atomic mass is 9.95. The van der Waals surface area contributed by atoms with Crippen LogP contribution in [0.25, 0.3) is 0 Å². The molecule has 2 amide bonds. The maximum Gasteiger partial charge on any atom is 0.234 e. The Balaban J connectivity index is 1.97. The van der Waals surface area contributed by atoms with Crippen LogP contribution in [0.3, 0.4) is 0 Å². The average molecular weight is 281 g/mol. The number of benzene rings is 2. The molecule has 0 aromatic heterocycles. The minimum Gasteiger partial charge on any atom is -0.399 e. The molecule has 5 heteroatoms. The van der Waals surface area contributed by atoms with E-state index >= 15 is 0 Å². The monoisotopic (exact) mass is 281 g/mol. The summed E-state index contributed by atoms with van der Waals surface area (Å²) in [4.78, 5) is 23.3. The number of nitrogen functional groups attached to an aromatic ring is 1. The van der Waals surface area contributed by atoms with Crippen LogP contribution in [0.5, 0.6) is 0 Å². The lowest BCUT2D eigenvalue weighted by Gasteiger charge is -2.16. The van der Waals surface area contributed by atoms with Gasteiger partial charge in [-0.25, -0.2) is 0 Å². The van der Waals surface area contributed by atoms with Crippen molar-refractivity contribution in [1.82, 2.24) is 5.32 Å². The topological polar surface area (TPSA) is 84.2 Å². The molecular weight excluding hydrogens is 266 g/mol. The predicted molar refractivity (Wildman–Crippen MR) is 81.1 cm³/mol. The van der Waals surface area contributed by atoms with Gasteiger partial charge in [0.1, 0.15) is 0 Å². The van der Waals surface area contributed by atoms with Gasteiger partial charge in [0.15, 0.2) is 0 Å². The second-order valence-corrected chi connectivity index (χ2v) is 5.01. The Hall–Kier alpha value is -2.82. The highest BCUT2D eigenvalue weighted by Gasteiger charge is 2.33. The summed E-state index contributed by atoms with van der Waals surface area (Å²) in [5.74, 6) is -1.02. The van der Waals surface area contributed by atoms with Gasteiger partial charge in [-0.05, 0) is 35.9 Å². The number of nitrogens with two attached hydrogens (primary N) is 1. The van der Waals surface area contributed by atoms with E-state index in [-0.39, 0.29) is 18.2 Å². The number of imide groups is 1. The first kappa shape index (κ1) is 13.2. The van der Waals surface area contributed by atoms with Crippen LogP contribution < -0.4 is 16.4 Å². The Bertz CT molecular complexity index is 698. The first-order chi connectivity index (χ1) is 10.1. The Kier molecular flexibility index (Phi) is 3.31. The van der Waals surface area contributed by atoms with Crippen LogP contribution in [0.4, 0.5) is 17.1 Å². The van der Waals surface area contributed by atoms with Crippen LogP contribution in [-0.2, 0) is 9.59 Å². The number of carbonyl (C=O) groups is 2. The molecule has 0 spiro atoms. The van der Waals surface area contributed by atoms with E-state index in [0.29, 0.717) is 5.69 Å². The summed E-state index contributed by atoms with van der Waals surface area (Å²) in [5, 5.41) is 5.59. The maximum absolute atomic E-state index is 11.9. The van der Waals surface area contributed by atoms with Gasteiger partial charge in [-0.15, -0.1) is 0 Å². The fourth-order valence-electron chi connectivity index (χ4n) is 2.47. The molecule has 1 unspecified atom stereocenters. The number of para-hydroxylation sites is 1. The third-order valence-corrected chi connectivity index (χ3v) is 3.47. The summed E-state index contributed by atoms with van der Waals surface area (Å²) < 4.78 is 0. The minimum absolute atomic E-state index is 0.158. The number of nitrogens with one attached hydrogen (secondary N) is 2. The molecule has 1 atom stereocenters. The molecule has 1 fully saturated rings. The van der Waals surface area contributed by atoms with Gasteiger partial charge in [0, 0.05) is 23.5 Å². The number of rotatable bonds is 3. The zero-order valence-electron chi connectivity index (χ0n) is 11.3. The first-order valence-electron chi connectivity index (χ1n) is 6.68. The van der Waals surface area contributed by atoms with Crippen molar-refractivity contribution in [3.05, 3.63) is 54.1 Å². The standard InChI is InChI=1S/C16H15N3O2/c17-10-6-7-14(18-11-4-2-1-3-5-11)12(8-10)13-9-15(20)19-16(13)21/h1-8,13,18H,9,17H2,(H,19,20,21). The molecule has 3 rings (SSSR count). The van der Waals surface area contributed by atoms with Gasteiger partial charge in [-0.3, -0.25) is 14.9 Å². The smallest absolute Gasteiger partial charge is 0.234 e. The lowest BCUT2D eigenvalue weighted by molar-refractivity contribution is -0.125. The molecule has 0 radical (unpaired) electrons. The summed E-state index contributed by atoms with van der Waals surface area (Å²) in [5.41, 5.74) is 8.82. The zero-order valence-corrected chi connectivity index (χ0v) is 11.3. The summed E-state index contributed by atoms with van der Waals surface area (Å²) in [6, 6.07) is 15.0. The molecule has 5 nitrogen and oxygen atoms in total. The van der Waals surface area contributed by atoms with Gasteiger partial charge in [0.25, 0.3) is 0 Å². The normalized spacial score (nSPS) is 17.6. The fourth-order valence-corrected chi connectivity index (χ4v) is 2.47. The van der Waals surface area contributed by atoms with E-state index in [2.05, 4.69) is 10.6 Å². The number of carbonyl (C=O) groups excluding carboxylic acids is 2. The summed E-state index contributed by atoms with van der Waals surface area (Å²) >= 11 is 0. The van der Waals surface area contributed by atoms with Gasteiger partial charge in [-0.1, -0.05) is 18.2 Å². The molecule has 1 heterocycles. The van der Waals surface area contributed by atoms with Gasteiger partial charge in [0.05, 0.1) is 5.92 Å². The number of hydrogen-bond acceptors (Lipinski definition) is 4. The average Bonchev–Trinajstić information content (AvgIpc) is 2.81. The molecule has 1 saturated heterocycles. The quantitative estimate of drug-likeness (QED) is 0.594. The van der Waals surface area contributed by atoms with E-state index in [9.17, 15) is 9.59 Å². The predicted octanol–water partition coefficient (Wildman–Crippen LogP) is 2.14. The van der Waals surface area contributed by atoms with Gasteiger partial charge >= 0.3 is 0 Å². The third kappa shape index (κ3) is 2.72. The van der Waals surface area contributed by atoms with E-state index < -0.39 is 5.92 Å². The van der Waals surface area contributed by atoms with Crippen LogP contribution in [-0.4, -0.2) is 11.8 Å². The highest BCUT2D eigenvalue weighted by atomic mass is 16.2. The van der Waals surface area contributed by atoms with Crippen molar-refractivity contribution in [2.75, 3.05) is 11.1 Å². The summed E-state index contributed by atoms with van der Waals surface area (Å²) in [7, 11) is 0. The van der Waals surface area contributed by atoms with Crippen molar-refractivity contribution in [1.29, 1.82) is 0 Å². The summed E-state index contributed by atoms with van der Waals surface area (Å²) in [6.45, 7) is 0. The van der Waals surface area contributed by atoms with Crippen LogP contribution >= 0.6 is 0 Å². The van der Waals surface area contributed by atoms with Gasteiger partial charge in [-0.2, -0.15) is 0 Å². The van der Waals surface area contributed by atoms with Crippen LogP contribution in [0, 0.1) is 0 Å². The Labute approximate surface area is 122 Å². The highest BCUT2D eigenvalue weighted by Crippen LogP contribution is 2.33. The van der Waals surface area contributed by atoms with Crippen molar-refractivity contribution < 1.29 is 9.59 Å². The molecule has 0 aliphatic carbocycles. The SMILES string of the molecule is Nc1ccc(Nc2ccccc2)c(C2CC(=O)NC2=O)c1. The number of hydrogen-bond donors (Lipinski definition) is 3. The molecule has 2 aromatic carbocycles. The number of amides is 2. The van der Waals surface area contributed by atoms with Crippen molar-refractivity contribution in [3.8, 4) is 0 Å². The van der Waals surface area contributed by atoms with Crippen LogP contribution in [0.1, 0.15) is 17.9 Å². The van der Waals surface area contributed by atoms with Crippen molar-refractivity contribution in [3.63, 3.8) is 0 Å².